The molecule has 1 aromatic rings. The van der Waals surface area contributed by atoms with Gasteiger partial charge in [-0.05, 0) is 17.5 Å². The van der Waals surface area contributed by atoms with Crippen LogP contribution in [0.4, 0.5) is 0 Å². The number of rotatable bonds is 3. The Balaban J connectivity index is 2.89. The Kier molecular flexibility index (Phi) is 3.20. The van der Waals surface area contributed by atoms with Crippen LogP contribution in [0.1, 0.15) is 4.88 Å². The number of aliphatic carboxylic acids is 1. The first-order valence-corrected chi connectivity index (χ1v) is 4.32. The minimum Gasteiger partial charge on any atom is -0.478 e. The zero-order chi connectivity index (χ0) is 9.68. The number of hydrogen-bond donors (Lipinski definition) is 1. The van der Waals surface area contributed by atoms with Gasteiger partial charge in [-0.2, -0.15) is 0 Å². The molecule has 0 saturated heterocycles. The van der Waals surface area contributed by atoms with E-state index in [1.807, 2.05) is 0 Å². The molecular weight excluding hydrogens is 188 g/mol. The number of carboxylic acids is 1. The molecule has 0 fully saturated rings. The largest absolute Gasteiger partial charge is 0.478 e. The smallest absolute Gasteiger partial charge is 0.328 e. The summed E-state index contributed by atoms with van der Waals surface area (Å²) in [6, 6.07) is 3.52. The molecule has 0 amide bonds. The van der Waals surface area contributed by atoms with E-state index in [0.29, 0.717) is 4.88 Å². The quantitative estimate of drug-likeness (QED) is 0.451. The predicted octanol–water partition coefficient (Wildman–Crippen LogP) is 1.60. The fourth-order valence-electron chi connectivity index (χ4n) is 0.753. The Hall–Kier alpha value is -1.64. The van der Waals surface area contributed by atoms with Gasteiger partial charge in [0.2, 0.25) is 0 Å². The van der Waals surface area contributed by atoms with Crippen LogP contribution in [0.2, 0.25) is 0 Å². The molecule has 1 heterocycles. The second kappa shape index (κ2) is 4.40. The van der Waals surface area contributed by atoms with Crippen LogP contribution < -0.4 is 0 Å². The summed E-state index contributed by atoms with van der Waals surface area (Å²) in [5.74, 6) is 0.607. The average molecular weight is 194 g/mol. The second-order valence-electron chi connectivity index (χ2n) is 2.16. The molecule has 0 aliphatic heterocycles. The van der Waals surface area contributed by atoms with Crippen molar-refractivity contribution in [2.75, 3.05) is 0 Å². The molecule has 0 aromatic carbocycles. The Morgan fingerprint density at radius 3 is 2.77 bits per heavy atom. The third-order valence-corrected chi connectivity index (χ3v) is 2.19. The van der Waals surface area contributed by atoms with E-state index in [9.17, 15) is 9.59 Å². The SMILES string of the molecule is O=C=C(/C=C/C(=O)O)c1cccs1. The van der Waals surface area contributed by atoms with Crippen molar-refractivity contribution in [1.82, 2.24) is 0 Å². The molecule has 1 rings (SSSR count). The van der Waals surface area contributed by atoms with Gasteiger partial charge in [0.1, 0.15) is 5.94 Å². The summed E-state index contributed by atoms with van der Waals surface area (Å²) in [5, 5.41) is 10.1. The molecular formula is C9H6O3S. The maximum absolute atomic E-state index is 10.4. The van der Waals surface area contributed by atoms with Crippen molar-refractivity contribution in [2.45, 2.75) is 0 Å². The summed E-state index contributed by atoms with van der Waals surface area (Å²) in [5.41, 5.74) is 0.261. The van der Waals surface area contributed by atoms with E-state index >= 15 is 0 Å². The van der Waals surface area contributed by atoms with E-state index in [0.717, 1.165) is 6.08 Å². The first-order valence-electron chi connectivity index (χ1n) is 3.44. The lowest BCUT2D eigenvalue weighted by atomic mass is 10.2. The number of carbonyl (C=O) groups is 1. The summed E-state index contributed by atoms with van der Waals surface area (Å²) >= 11 is 1.36. The molecule has 3 nitrogen and oxygen atoms in total. The molecule has 0 aliphatic carbocycles. The van der Waals surface area contributed by atoms with Crippen LogP contribution in [0.15, 0.2) is 29.7 Å². The molecule has 0 saturated carbocycles. The van der Waals surface area contributed by atoms with E-state index in [4.69, 9.17) is 5.11 Å². The standard InChI is InChI=1S/C9H6O3S/c10-6-7(3-4-9(11)12)8-2-1-5-13-8/h1-5H,(H,11,12)/b4-3+. The van der Waals surface area contributed by atoms with Gasteiger partial charge in [-0.25, -0.2) is 9.59 Å². The number of carbonyl (C=O) groups excluding carboxylic acids is 1. The summed E-state index contributed by atoms with van der Waals surface area (Å²) < 4.78 is 0. The summed E-state index contributed by atoms with van der Waals surface area (Å²) in [4.78, 5) is 21.3. The maximum atomic E-state index is 10.4. The number of carboxylic acid groups (broad SMARTS) is 1. The molecule has 0 atom stereocenters. The minimum absolute atomic E-state index is 0.261. The Bertz CT molecular complexity index is 370. The highest BCUT2D eigenvalue weighted by atomic mass is 32.1. The Labute approximate surface area is 78.6 Å². The minimum atomic E-state index is -1.08. The first-order chi connectivity index (χ1) is 6.24. The molecule has 0 radical (unpaired) electrons. The third-order valence-electron chi connectivity index (χ3n) is 1.29. The van der Waals surface area contributed by atoms with Gasteiger partial charge < -0.3 is 5.11 Å². The van der Waals surface area contributed by atoms with Crippen LogP contribution in [-0.2, 0) is 9.59 Å². The van der Waals surface area contributed by atoms with E-state index in [2.05, 4.69) is 0 Å². The van der Waals surface area contributed by atoms with Gasteiger partial charge in [-0.1, -0.05) is 6.07 Å². The van der Waals surface area contributed by atoms with Crippen LogP contribution in [-0.4, -0.2) is 17.0 Å². The van der Waals surface area contributed by atoms with Crippen LogP contribution >= 0.6 is 11.3 Å². The molecule has 0 unspecified atom stereocenters. The van der Waals surface area contributed by atoms with Crippen molar-refractivity contribution < 1.29 is 14.7 Å². The van der Waals surface area contributed by atoms with E-state index in [1.165, 1.54) is 17.4 Å². The molecule has 0 spiro atoms. The second-order valence-corrected chi connectivity index (χ2v) is 3.11. The monoisotopic (exact) mass is 194 g/mol. The summed E-state index contributed by atoms with van der Waals surface area (Å²) in [7, 11) is 0. The lowest BCUT2D eigenvalue weighted by Crippen LogP contribution is -1.86. The van der Waals surface area contributed by atoms with Crippen molar-refractivity contribution in [3.05, 3.63) is 34.5 Å². The van der Waals surface area contributed by atoms with E-state index in [-0.39, 0.29) is 5.57 Å². The molecule has 0 bridgehead atoms. The number of hydrogen-bond acceptors (Lipinski definition) is 3. The molecule has 66 valence electrons. The van der Waals surface area contributed by atoms with Gasteiger partial charge in [0.15, 0.2) is 0 Å². The van der Waals surface area contributed by atoms with Gasteiger partial charge in [-0.15, -0.1) is 11.3 Å². The molecule has 13 heavy (non-hydrogen) atoms. The van der Waals surface area contributed by atoms with Gasteiger partial charge >= 0.3 is 5.97 Å². The van der Waals surface area contributed by atoms with E-state index < -0.39 is 5.97 Å². The van der Waals surface area contributed by atoms with Crippen molar-refractivity contribution in [1.29, 1.82) is 0 Å². The van der Waals surface area contributed by atoms with Gasteiger partial charge in [0.05, 0.1) is 5.57 Å². The highest BCUT2D eigenvalue weighted by Gasteiger charge is 1.99. The summed E-state index contributed by atoms with van der Waals surface area (Å²) in [6.45, 7) is 0. The van der Waals surface area contributed by atoms with Crippen molar-refractivity contribution in [3.8, 4) is 0 Å². The normalized spacial score (nSPS) is 9.85. The fraction of sp³-hybridized carbons (Fsp3) is 0. The maximum Gasteiger partial charge on any atom is 0.328 e. The third kappa shape index (κ3) is 2.71. The molecule has 4 heteroatoms. The average Bonchev–Trinajstić information content (AvgIpc) is 2.58. The Morgan fingerprint density at radius 2 is 2.31 bits per heavy atom. The number of thiophene rings is 1. The van der Waals surface area contributed by atoms with Crippen LogP contribution in [0.5, 0.6) is 0 Å². The first kappa shape index (κ1) is 9.45. The fourth-order valence-corrected chi connectivity index (χ4v) is 1.45. The Morgan fingerprint density at radius 1 is 1.54 bits per heavy atom. The predicted molar refractivity (Wildman–Crippen MR) is 50.2 cm³/mol. The van der Waals surface area contributed by atoms with Crippen molar-refractivity contribution >= 4 is 28.8 Å². The van der Waals surface area contributed by atoms with Crippen LogP contribution in [0.25, 0.3) is 5.57 Å². The zero-order valence-corrected chi connectivity index (χ0v) is 7.38. The molecule has 1 aromatic heterocycles. The lowest BCUT2D eigenvalue weighted by molar-refractivity contribution is -0.131. The zero-order valence-electron chi connectivity index (χ0n) is 6.56. The highest BCUT2D eigenvalue weighted by Crippen LogP contribution is 2.18. The van der Waals surface area contributed by atoms with Gasteiger partial charge in [0.25, 0.3) is 0 Å². The van der Waals surface area contributed by atoms with Crippen LogP contribution in [0.3, 0.4) is 0 Å². The molecule has 0 aliphatic rings. The van der Waals surface area contributed by atoms with Gasteiger partial charge in [-0.3, -0.25) is 0 Å². The van der Waals surface area contributed by atoms with E-state index in [1.54, 1.807) is 23.5 Å². The number of allylic oxidation sites excluding steroid dienone is 2. The lowest BCUT2D eigenvalue weighted by Gasteiger charge is -1.88. The van der Waals surface area contributed by atoms with Crippen molar-refractivity contribution in [3.63, 3.8) is 0 Å². The van der Waals surface area contributed by atoms with Crippen molar-refractivity contribution in [2.24, 2.45) is 0 Å². The highest BCUT2D eigenvalue weighted by molar-refractivity contribution is 7.11. The molecule has 1 N–H and O–H groups in total. The van der Waals surface area contributed by atoms with Gasteiger partial charge in [0, 0.05) is 11.0 Å². The van der Waals surface area contributed by atoms with Crippen LogP contribution in [0, 0.1) is 0 Å². The summed E-state index contributed by atoms with van der Waals surface area (Å²) in [6.07, 6.45) is 2.15. The topological polar surface area (TPSA) is 54.4 Å².